The largest absolute Gasteiger partial charge is 0.362 e. The summed E-state index contributed by atoms with van der Waals surface area (Å²) in [6, 6.07) is 18.8. The van der Waals surface area contributed by atoms with Crippen molar-refractivity contribution in [2.75, 3.05) is 20.1 Å². The van der Waals surface area contributed by atoms with Crippen LogP contribution in [-0.2, 0) is 4.74 Å². The number of likely N-dealkylation sites (N-methyl/N-ethyl adjacent to an activating group) is 1. The Balaban J connectivity index is 1.69. The zero-order valence-electron chi connectivity index (χ0n) is 13.2. The minimum Gasteiger partial charge on any atom is -0.362 e. The number of rotatable bonds is 4. The van der Waals surface area contributed by atoms with E-state index in [4.69, 9.17) is 9.72 Å². The molecule has 1 aliphatic rings. The number of para-hydroxylation sites is 1. The van der Waals surface area contributed by atoms with Crippen LogP contribution in [0.1, 0.15) is 23.1 Å². The van der Waals surface area contributed by atoms with Gasteiger partial charge in [-0.1, -0.05) is 42.5 Å². The first kappa shape index (κ1) is 14.8. The number of benzene rings is 2. The minimum absolute atomic E-state index is 0.0786. The standard InChI is InChI=1S/C19H20N2OS/c1-21-12-11-15(13-21)22-18(14-7-3-2-4-8-14)19-20-16-9-5-6-10-17(16)23-19/h2-10,15,18H,11-13H2,1H3. The Morgan fingerprint density at radius 1 is 1.13 bits per heavy atom. The molecular formula is C19H20N2OS. The van der Waals surface area contributed by atoms with Crippen molar-refractivity contribution in [3.05, 3.63) is 65.2 Å². The summed E-state index contributed by atoms with van der Waals surface area (Å²) in [5.74, 6) is 0. The van der Waals surface area contributed by atoms with Crippen molar-refractivity contribution in [3.63, 3.8) is 0 Å². The second kappa shape index (κ2) is 6.40. The van der Waals surface area contributed by atoms with E-state index in [-0.39, 0.29) is 12.2 Å². The molecule has 0 saturated carbocycles. The number of likely N-dealkylation sites (tertiary alicyclic amines) is 1. The van der Waals surface area contributed by atoms with E-state index >= 15 is 0 Å². The Morgan fingerprint density at radius 2 is 1.91 bits per heavy atom. The van der Waals surface area contributed by atoms with Crippen LogP contribution in [0, 0.1) is 0 Å². The fourth-order valence-corrected chi connectivity index (χ4v) is 4.14. The van der Waals surface area contributed by atoms with E-state index in [1.54, 1.807) is 11.3 Å². The summed E-state index contributed by atoms with van der Waals surface area (Å²) in [6.45, 7) is 2.10. The van der Waals surface area contributed by atoms with Crippen molar-refractivity contribution >= 4 is 21.6 Å². The van der Waals surface area contributed by atoms with Gasteiger partial charge in [0.25, 0.3) is 0 Å². The quantitative estimate of drug-likeness (QED) is 0.722. The molecule has 2 unspecified atom stereocenters. The van der Waals surface area contributed by atoms with Crippen LogP contribution < -0.4 is 0 Å². The Hall–Kier alpha value is -1.75. The van der Waals surface area contributed by atoms with Crippen molar-refractivity contribution in [2.45, 2.75) is 18.6 Å². The average Bonchev–Trinajstić information content (AvgIpc) is 3.19. The Kier molecular flexibility index (Phi) is 4.12. The maximum absolute atomic E-state index is 6.49. The summed E-state index contributed by atoms with van der Waals surface area (Å²) >= 11 is 1.73. The van der Waals surface area contributed by atoms with Crippen LogP contribution in [0.5, 0.6) is 0 Å². The Bertz CT molecular complexity index is 753. The Labute approximate surface area is 140 Å². The van der Waals surface area contributed by atoms with Gasteiger partial charge in [0.1, 0.15) is 11.1 Å². The molecule has 1 aromatic heterocycles. The van der Waals surface area contributed by atoms with Gasteiger partial charge < -0.3 is 9.64 Å². The third kappa shape index (κ3) is 3.15. The lowest BCUT2D eigenvalue weighted by molar-refractivity contribution is 0.0155. The molecule has 118 valence electrons. The van der Waals surface area contributed by atoms with Gasteiger partial charge >= 0.3 is 0 Å². The molecule has 3 nitrogen and oxygen atoms in total. The molecule has 2 aromatic carbocycles. The average molecular weight is 324 g/mol. The number of thiazole rings is 1. The van der Waals surface area contributed by atoms with Crippen LogP contribution >= 0.6 is 11.3 Å². The molecule has 3 aromatic rings. The van der Waals surface area contributed by atoms with Crippen LogP contribution in [0.2, 0.25) is 0 Å². The lowest BCUT2D eigenvalue weighted by atomic mass is 10.1. The molecule has 23 heavy (non-hydrogen) atoms. The number of nitrogens with zero attached hydrogens (tertiary/aromatic N) is 2. The topological polar surface area (TPSA) is 25.4 Å². The summed E-state index contributed by atoms with van der Waals surface area (Å²) in [4.78, 5) is 7.15. The molecule has 1 saturated heterocycles. The molecule has 2 atom stereocenters. The fourth-order valence-electron chi connectivity index (χ4n) is 3.11. The molecule has 0 amide bonds. The highest BCUT2D eigenvalue weighted by molar-refractivity contribution is 7.18. The molecular weight excluding hydrogens is 304 g/mol. The predicted octanol–water partition coefficient (Wildman–Crippen LogP) is 4.11. The van der Waals surface area contributed by atoms with E-state index < -0.39 is 0 Å². The van der Waals surface area contributed by atoms with Crippen LogP contribution in [-0.4, -0.2) is 36.1 Å². The lowest BCUT2D eigenvalue weighted by Crippen LogP contribution is -2.21. The normalized spacial score (nSPS) is 20.1. The van der Waals surface area contributed by atoms with Gasteiger partial charge in [-0.15, -0.1) is 11.3 Å². The molecule has 4 rings (SSSR count). The maximum Gasteiger partial charge on any atom is 0.134 e. The first-order valence-corrected chi connectivity index (χ1v) is 8.85. The lowest BCUT2D eigenvalue weighted by Gasteiger charge is -2.21. The first-order valence-electron chi connectivity index (χ1n) is 8.04. The molecule has 0 bridgehead atoms. The van der Waals surface area contributed by atoms with Gasteiger partial charge in [-0.3, -0.25) is 0 Å². The second-order valence-corrected chi connectivity index (χ2v) is 7.18. The zero-order chi connectivity index (χ0) is 15.6. The van der Waals surface area contributed by atoms with Gasteiger partial charge in [0.15, 0.2) is 0 Å². The third-order valence-corrected chi connectivity index (χ3v) is 5.39. The van der Waals surface area contributed by atoms with Crippen molar-refractivity contribution in [1.29, 1.82) is 0 Å². The maximum atomic E-state index is 6.49. The van der Waals surface area contributed by atoms with Crippen molar-refractivity contribution < 1.29 is 4.74 Å². The number of hydrogen-bond acceptors (Lipinski definition) is 4. The van der Waals surface area contributed by atoms with Gasteiger partial charge in [-0.25, -0.2) is 4.98 Å². The van der Waals surface area contributed by atoms with E-state index in [1.807, 2.05) is 12.1 Å². The summed E-state index contributed by atoms with van der Waals surface area (Å²) in [6.07, 6.45) is 1.28. The molecule has 1 fully saturated rings. The van der Waals surface area contributed by atoms with Gasteiger partial charge in [-0.2, -0.15) is 0 Å². The zero-order valence-corrected chi connectivity index (χ0v) is 14.0. The van der Waals surface area contributed by atoms with E-state index in [2.05, 4.69) is 54.4 Å². The third-order valence-electron chi connectivity index (χ3n) is 4.31. The van der Waals surface area contributed by atoms with E-state index in [0.717, 1.165) is 30.0 Å². The molecule has 0 aliphatic carbocycles. The van der Waals surface area contributed by atoms with E-state index in [0.29, 0.717) is 0 Å². The van der Waals surface area contributed by atoms with Gasteiger partial charge in [0, 0.05) is 13.1 Å². The SMILES string of the molecule is CN1CCC(OC(c2ccccc2)c2nc3ccccc3s2)C1. The molecule has 0 spiro atoms. The molecule has 0 N–H and O–H groups in total. The van der Waals surface area contributed by atoms with E-state index in [1.165, 1.54) is 10.3 Å². The molecule has 1 aliphatic heterocycles. The number of fused-ring (bicyclic) bond motifs is 1. The second-order valence-electron chi connectivity index (χ2n) is 6.12. The summed E-state index contributed by atoms with van der Waals surface area (Å²) in [5, 5.41) is 1.05. The summed E-state index contributed by atoms with van der Waals surface area (Å²) < 4.78 is 7.71. The number of ether oxygens (including phenoxy) is 1. The number of hydrogen-bond donors (Lipinski definition) is 0. The van der Waals surface area contributed by atoms with Crippen molar-refractivity contribution in [3.8, 4) is 0 Å². The highest BCUT2D eigenvalue weighted by Crippen LogP contribution is 2.34. The molecule has 0 radical (unpaired) electrons. The first-order chi connectivity index (χ1) is 11.3. The molecule has 4 heteroatoms. The van der Waals surface area contributed by atoms with Gasteiger partial charge in [0.05, 0.1) is 16.3 Å². The fraction of sp³-hybridized carbons (Fsp3) is 0.316. The molecule has 2 heterocycles. The van der Waals surface area contributed by atoms with Crippen molar-refractivity contribution in [1.82, 2.24) is 9.88 Å². The van der Waals surface area contributed by atoms with E-state index in [9.17, 15) is 0 Å². The van der Waals surface area contributed by atoms with Crippen LogP contribution in [0.15, 0.2) is 54.6 Å². The van der Waals surface area contributed by atoms with Crippen molar-refractivity contribution in [2.24, 2.45) is 0 Å². The summed E-state index contributed by atoms with van der Waals surface area (Å²) in [5.41, 5.74) is 2.24. The Morgan fingerprint density at radius 3 is 2.65 bits per heavy atom. The smallest absolute Gasteiger partial charge is 0.134 e. The highest BCUT2D eigenvalue weighted by Gasteiger charge is 2.27. The monoisotopic (exact) mass is 324 g/mol. The minimum atomic E-state index is -0.0786. The highest BCUT2D eigenvalue weighted by atomic mass is 32.1. The van der Waals surface area contributed by atoms with Gasteiger partial charge in [0.2, 0.25) is 0 Å². The summed E-state index contributed by atoms with van der Waals surface area (Å²) in [7, 11) is 2.15. The van der Waals surface area contributed by atoms with Crippen LogP contribution in [0.3, 0.4) is 0 Å². The number of aromatic nitrogens is 1. The van der Waals surface area contributed by atoms with Crippen LogP contribution in [0.4, 0.5) is 0 Å². The van der Waals surface area contributed by atoms with Gasteiger partial charge in [-0.05, 0) is 31.2 Å². The predicted molar refractivity (Wildman–Crippen MR) is 94.9 cm³/mol. The van der Waals surface area contributed by atoms with Crippen LogP contribution in [0.25, 0.3) is 10.2 Å².